The van der Waals surface area contributed by atoms with E-state index in [1.54, 1.807) is 92.8 Å². The zero-order valence-corrected chi connectivity index (χ0v) is 54.5. The molecule has 1 amide bonds. The second-order valence-electron chi connectivity index (χ2n) is 26.2. The molecule has 29 heteroatoms. The molecule has 542 valence electrons. The number of cyclic esters (lactones) is 1. The average molecular weight is 1360 g/mol. The van der Waals surface area contributed by atoms with E-state index in [0.717, 1.165) is 32.4 Å². The number of aliphatic hydroxyl groups is 17. The predicted molar refractivity (Wildman–Crippen MR) is 338 cm³/mol. The van der Waals surface area contributed by atoms with Gasteiger partial charge >= 0.3 is 5.97 Å². The molecule has 0 radical (unpaired) electrons. The number of likely N-dealkylation sites (tertiary alicyclic amines) is 1. The maximum Gasteiger partial charge on any atom is 0.308 e. The standard InChI is InChI=1S/C66H107N3O26/c1-37-20-16-13-11-9-7-5-6-8-10-12-14-17-21-44(92-63-57(82)53(55(80)40(4)91-63)68-36-66(88)61(85)60(48(77)35-89-66)94-64-59(84)58(83)56(81)50(34-70)93-64)31-49-52(62(86)67-24-27-69-25-18-15-19-26-69)47(76)33-65(87,95-49)32-43(73)29-46(75)45(74)23-22-41(71)28-42(72)30-51(78)90-39(3)38(2)54(37)79/h5-14,16-17,20-21,37-50,52-61,63-64,68,70-77,79-85,87-88H,15,18-19,22-36H2,1-4H3,(H,67,86)/b6-5+,9-7+,10-8+,13-11+,14-12+,20-16+,21-17+/t37-,38?,39-,40+,41+,42+,43-,44-,45+,46+,47-,48+,49?,50+,52?,53-,54+,55+,56+,57-,58-,59+,60+,61-,63?,64?,65+,66+/m0/s1. The Morgan fingerprint density at radius 3 is 1.88 bits per heavy atom. The summed E-state index contributed by atoms with van der Waals surface area (Å²) < 4.78 is 40.9. The number of carbonyl (C=O) groups is 2. The molecule has 2 bridgehead atoms. The van der Waals surface area contributed by atoms with Crippen molar-refractivity contribution in [1.29, 1.82) is 0 Å². The lowest BCUT2D eigenvalue weighted by molar-refractivity contribution is -0.368. The van der Waals surface area contributed by atoms with Crippen LogP contribution in [0, 0.1) is 17.8 Å². The van der Waals surface area contributed by atoms with Gasteiger partial charge in [0.15, 0.2) is 18.4 Å². The molecule has 6 aliphatic rings. The topological polar surface area (TPSA) is 470 Å². The first-order valence-electron chi connectivity index (χ1n) is 33.2. The van der Waals surface area contributed by atoms with Crippen LogP contribution in [0.5, 0.6) is 0 Å². The van der Waals surface area contributed by atoms with Crippen molar-refractivity contribution in [2.45, 2.75) is 251 Å². The van der Waals surface area contributed by atoms with Gasteiger partial charge in [-0.3, -0.25) is 9.59 Å². The molecule has 0 aromatic carbocycles. The summed E-state index contributed by atoms with van der Waals surface area (Å²) >= 11 is 0. The zero-order valence-electron chi connectivity index (χ0n) is 54.5. The van der Waals surface area contributed by atoms with E-state index in [4.69, 9.17) is 33.2 Å². The summed E-state index contributed by atoms with van der Waals surface area (Å²) in [5, 5.41) is 194. The molecule has 0 saturated carbocycles. The maximum atomic E-state index is 14.4. The van der Waals surface area contributed by atoms with E-state index in [9.17, 15) is 96.4 Å². The van der Waals surface area contributed by atoms with Gasteiger partial charge in [-0.05, 0) is 59.0 Å². The summed E-state index contributed by atoms with van der Waals surface area (Å²) in [5.41, 5.74) is 0. The number of carbonyl (C=O) groups excluding carboxylic acids is 2. The summed E-state index contributed by atoms with van der Waals surface area (Å²) in [6.07, 6.45) is -10.3. The molecular formula is C66H107N3O26. The number of aliphatic hydroxyl groups excluding tert-OH is 15. The first kappa shape index (κ1) is 80.1. The summed E-state index contributed by atoms with van der Waals surface area (Å²) in [6, 6.07) is -1.46. The second kappa shape index (κ2) is 38.6. The van der Waals surface area contributed by atoms with E-state index in [1.165, 1.54) is 13.0 Å². The normalized spacial score (nSPS) is 45.8. The molecule has 0 spiro atoms. The molecule has 6 heterocycles. The van der Waals surface area contributed by atoms with E-state index in [-0.39, 0.29) is 38.1 Å². The molecule has 95 heavy (non-hydrogen) atoms. The molecular weight excluding hydrogens is 1250 g/mol. The average Bonchev–Trinajstić information content (AvgIpc) is 0.787. The third-order valence-electron chi connectivity index (χ3n) is 18.6. The summed E-state index contributed by atoms with van der Waals surface area (Å²) in [4.78, 5) is 29.4. The number of fused-ring (bicyclic) bond motifs is 2. The molecule has 28 atom stereocenters. The highest BCUT2D eigenvalue weighted by Crippen LogP contribution is 2.39. The molecule has 5 saturated heterocycles. The highest BCUT2D eigenvalue weighted by Gasteiger charge is 2.55. The van der Waals surface area contributed by atoms with Crippen LogP contribution in [0.1, 0.15) is 98.3 Å². The molecule has 6 aliphatic heterocycles. The van der Waals surface area contributed by atoms with Crippen LogP contribution in [0.25, 0.3) is 0 Å². The lowest BCUT2D eigenvalue weighted by Crippen LogP contribution is -2.70. The smallest absolute Gasteiger partial charge is 0.308 e. The molecule has 5 unspecified atom stereocenters. The second-order valence-corrected chi connectivity index (χ2v) is 26.2. The number of amides is 1. The number of allylic oxidation sites excluding steroid dienone is 12. The number of ether oxygens (including phenoxy) is 7. The first-order valence-corrected chi connectivity index (χ1v) is 33.2. The molecule has 19 N–H and O–H groups in total. The van der Waals surface area contributed by atoms with Gasteiger partial charge in [-0.15, -0.1) is 0 Å². The van der Waals surface area contributed by atoms with Gasteiger partial charge in [0.2, 0.25) is 11.7 Å². The van der Waals surface area contributed by atoms with Crippen molar-refractivity contribution in [3.63, 3.8) is 0 Å². The van der Waals surface area contributed by atoms with Crippen LogP contribution in [-0.2, 0) is 42.7 Å². The van der Waals surface area contributed by atoms with E-state index < -0.39 is 221 Å². The quantitative estimate of drug-likeness (QED) is 0.0843. The fourth-order valence-corrected chi connectivity index (χ4v) is 12.6. The number of rotatable bonds is 12. The summed E-state index contributed by atoms with van der Waals surface area (Å²) in [6.45, 7) is 6.68. The van der Waals surface area contributed by atoms with Gasteiger partial charge in [0.1, 0.15) is 54.9 Å². The van der Waals surface area contributed by atoms with Crippen LogP contribution in [0.3, 0.4) is 0 Å². The summed E-state index contributed by atoms with van der Waals surface area (Å²) in [7, 11) is 0. The Balaban J connectivity index is 1.26. The van der Waals surface area contributed by atoms with Crippen LogP contribution >= 0.6 is 0 Å². The minimum Gasteiger partial charge on any atom is -0.462 e. The Morgan fingerprint density at radius 2 is 1.24 bits per heavy atom. The molecule has 5 fully saturated rings. The van der Waals surface area contributed by atoms with Crippen LogP contribution in [0.2, 0.25) is 0 Å². The van der Waals surface area contributed by atoms with Gasteiger partial charge in [-0.25, -0.2) is 0 Å². The van der Waals surface area contributed by atoms with Crippen LogP contribution in [0.15, 0.2) is 85.1 Å². The van der Waals surface area contributed by atoms with Crippen LogP contribution in [-0.4, -0.2) is 302 Å². The Morgan fingerprint density at radius 1 is 0.621 bits per heavy atom. The van der Waals surface area contributed by atoms with Gasteiger partial charge in [0.25, 0.3) is 0 Å². The Kier molecular flexibility index (Phi) is 32.6. The molecule has 29 nitrogen and oxygen atoms in total. The third-order valence-corrected chi connectivity index (χ3v) is 18.6. The van der Waals surface area contributed by atoms with Crippen molar-refractivity contribution in [3.8, 4) is 0 Å². The number of nitrogens with zero attached hydrogens (tertiary/aromatic N) is 1. The minimum atomic E-state index is -2.67. The third kappa shape index (κ3) is 23.9. The maximum absolute atomic E-state index is 14.4. The summed E-state index contributed by atoms with van der Waals surface area (Å²) in [5.74, 6) is -8.70. The lowest BCUT2D eigenvalue weighted by Gasteiger charge is -2.48. The SMILES string of the molecule is CC1[C@H](C)OC(=O)C[C@H](O)C[C@H](O)CC[C@@H](O)[C@H](O)C[C@H](O)C[C@]2(O)C[C@H](O)C(C(=O)NCCN3CCCCC3)C(C[C@@H](OC3O[C@H](C)[C@@H](O)[C@H](NC[C@@]4(O)OC[C@@H](O)[C@@H](OC5O[C@H](CO)[C@@H](O)[C@H](O)[C@H]5O)[C@@H]4O)[C@@H]3O)/C=C/C=C/C=C/C=C/C=C/C=C/C=C/[C@H](C)[C@H]1O)O2. The highest BCUT2D eigenvalue weighted by molar-refractivity contribution is 5.80. The van der Waals surface area contributed by atoms with E-state index >= 15 is 0 Å². The van der Waals surface area contributed by atoms with E-state index in [2.05, 4.69) is 15.5 Å². The van der Waals surface area contributed by atoms with Gasteiger partial charge in [0, 0.05) is 50.6 Å². The monoisotopic (exact) mass is 1360 g/mol. The molecule has 0 aliphatic carbocycles. The Bertz CT molecular complexity index is 2520. The van der Waals surface area contributed by atoms with Gasteiger partial charge in [0.05, 0.1) is 105 Å². The number of piperidine rings is 1. The number of hydrogen-bond acceptors (Lipinski definition) is 28. The number of esters is 1. The molecule has 0 aromatic heterocycles. The number of hydrogen-bond donors (Lipinski definition) is 19. The van der Waals surface area contributed by atoms with Crippen molar-refractivity contribution in [3.05, 3.63) is 85.1 Å². The van der Waals surface area contributed by atoms with E-state index in [1.807, 2.05) is 6.92 Å². The fraction of sp³-hybridized carbons (Fsp3) is 0.758. The zero-order chi connectivity index (χ0) is 69.7. The van der Waals surface area contributed by atoms with Crippen molar-refractivity contribution < 1.29 is 130 Å². The van der Waals surface area contributed by atoms with Gasteiger partial charge in [-0.1, -0.05) is 105 Å². The lowest BCUT2D eigenvalue weighted by atomic mass is 9.82. The van der Waals surface area contributed by atoms with Crippen LogP contribution in [0.4, 0.5) is 0 Å². The molecule has 6 rings (SSSR count). The highest BCUT2D eigenvalue weighted by atomic mass is 16.7. The van der Waals surface area contributed by atoms with Crippen molar-refractivity contribution >= 4 is 11.9 Å². The number of nitrogens with one attached hydrogen (secondary N) is 2. The van der Waals surface area contributed by atoms with Crippen molar-refractivity contribution in [2.75, 3.05) is 45.9 Å². The fourth-order valence-electron chi connectivity index (χ4n) is 12.6. The van der Waals surface area contributed by atoms with Gasteiger partial charge < -0.3 is 136 Å². The first-order chi connectivity index (χ1) is 45.0. The van der Waals surface area contributed by atoms with Crippen molar-refractivity contribution in [2.24, 2.45) is 17.8 Å². The Hall–Kier alpha value is -3.88. The van der Waals surface area contributed by atoms with E-state index in [0.29, 0.717) is 6.54 Å². The molecule has 0 aromatic rings. The van der Waals surface area contributed by atoms with Crippen LogP contribution < -0.4 is 10.6 Å². The minimum absolute atomic E-state index is 0.149. The van der Waals surface area contributed by atoms with Crippen molar-refractivity contribution in [1.82, 2.24) is 15.5 Å². The Labute approximate surface area is 554 Å². The van der Waals surface area contributed by atoms with Gasteiger partial charge in [-0.2, -0.15) is 0 Å². The predicted octanol–water partition coefficient (Wildman–Crippen LogP) is -3.51. The largest absolute Gasteiger partial charge is 0.462 e.